The van der Waals surface area contributed by atoms with Crippen LogP contribution in [0.1, 0.15) is 32.3 Å². The fraction of sp³-hybridized carbons (Fsp3) is 0.571. The molecule has 0 amide bonds. The molecule has 1 aliphatic rings. The topological polar surface area (TPSA) is 67.4 Å². The van der Waals surface area contributed by atoms with Crippen molar-refractivity contribution < 1.29 is 13.2 Å². The van der Waals surface area contributed by atoms with E-state index >= 15 is 0 Å². The number of hydrogen-bond acceptors (Lipinski definition) is 4. The summed E-state index contributed by atoms with van der Waals surface area (Å²) < 4.78 is 32.1. The number of sulfonamides is 1. The molecule has 6 heteroatoms. The maximum atomic E-state index is 12.0. The fourth-order valence-electron chi connectivity index (χ4n) is 1.97. The van der Waals surface area contributed by atoms with Crippen molar-refractivity contribution in [2.75, 3.05) is 13.2 Å². The molecule has 2 N–H and O–H groups in total. The molecule has 1 saturated carbocycles. The molecule has 1 aliphatic carbocycles. The Morgan fingerprint density at radius 1 is 1.30 bits per heavy atom. The molecule has 1 aromatic rings. The number of nitrogens with one attached hydrogen (secondary N) is 2. The lowest BCUT2D eigenvalue weighted by Gasteiger charge is -2.13. The highest BCUT2D eigenvalue weighted by molar-refractivity contribution is 7.89. The van der Waals surface area contributed by atoms with Gasteiger partial charge in [-0.1, -0.05) is 6.92 Å². The van der Waals surface area contributed by atoms with Crippen molar-refractivity contribution in [3.63, 3.8) is 0 Å². The Hall–Kier alpha value is -1.11. The summed E-state index contributed by atoms with van der Waals surface area (Å²) in [6.07, 6.45) is 2.39. The third-order valence-corrected chi connectivity index (χ3v) is 4.68. The molecule has 1 fully saturated rings. The van der Waals surface area contributed by atoms with Crippen molar-refractivity contribution >= 4 is 10.0 Å². The lowest BCUT2D eigenvalue weighted by atomic mass is 10.2. The molecular weight excluding hydrogens is 276 g/mol. The van der Waals surface area contributed by atoms with Gasteiger partial charge in [-0.2, -0.15) is 0 Å². The first-order valence-electron chi connectivity index (χ1n) is 7.05. The van der Waals surface area contributed by atoms with E-state index in [-0.39, 0.29) is 4.90 Å². The van der Waals surface area contributed by atoms with Gasteiger partial charge in [0.15, 0.2) is 0 Å². The van der Waals surface area contributed by atoms with Crippen LogP contribution in [0.25, 0.3) is 0 Å². The van der Waals surface area contributed by atoms with Crippen LogP contribution in [-0.4, -0.2) is 27.6 Å². The van der Waals surface area contributed by atoms with E-state index in [0.29, 0.717) is 25.7 Å². The molecule has 0 aliphatic heterocycles. The van der Waals surface area contributed by atoms with Gasteiger partial charge < -0.3 is 10.1 Å². The molecular formula is C14H22N2O3S. The fourth-order valence-corrected chi connectivity index (χ4v) is 3.06. The highest BCUT2D eigenvalue weighted by Gasteiger charge is 2.21. The number of hydrogen-bond donors (Lipinski definition) is 2. The van der Waals surface area contributed by atoms with Crippen LogP contribution in [0.2, 0.25) is 0 Å². The summed E-state index contributed by atoms with van der Waals surface area (Å²) in [5.74, 6) is 0.746. The van der Waals surface area contributed by atoms with E-state index in [1.165, 1.54) is 12.8 Å². The number of rotatable bonds is 8. The van der Waals surface area contributed by atoms with Gasteiger partial charge in [0.05, 0.1) is 11.5 Å². The molecule has 0 spiro atoms. The Kier molecular flexibility index (Phi) is 5.01. The predicted octanol–water partition coefficient (Wildman–Crippen LogP) is 1.64. The Morgan fingerprint density at radius 3 is 2.65 bits per heavy atom. The molecule has 0 saturated heterocycles. The molecule has 0 bridgehead atoms. The summed E-state index contributed by atoms with van der Waals surface area (Å²) in [5, 5.41) is 3.39. The molecule has 0 unspecified atom stereocenters. The molecule has 20 heavy (non-hydrogen) atoms. The van der Waals surface area contributed by atoms with Gasteiger partial charge in [-0.25, -0.2) is 13.1 Å². The van der Waals surface area contributed by atoms with E-state index in [1.807, 2.05) is 6.92 Å². The van der Waals surface area contributed by atoms with Crippen LogP contribution in [0.3, 0.4) is 0 Å². The van der Waals surface area contributed by atoms with Gasteiger partial charge in [0, 0.05) is 24.7 Å². The Bertz CT molecular complexity index is 554. The van der Waals surface area contributed by atoms with E-state index in [0.717, 1.165) is 11.3 Å². The summed E-state index contributed by atoms with van der Waals surface area (Å²) in [6.45, 7) is 5.26. The second-order valence-electron chi connectivity index (χ2n) is 4.86. The molecule has 2 rings (SSSR count). The summed E-state index contributed by atoms with van der Waals surface area (Å²) in [7, 11) is -3.42. The van der Waals surface area contributed by atoms with Gasteiger partial charge in [0.2, 0.25) is 10.0 Å². The summed E-state index contributed by atoms with van der Waals surface area (Å²) in [6, 6.07) is 5.58. The monoisotopic (exact) mass is 298 g/mol. The van der Waals surface area contributed by atoms with E-state index in [1.54, 1.807) is 25.1 Å². The highest BCUT2D eigenvalue weighted by Crippen LogP contribution is 2.25. The third kappa shape index (κ3) is 3.94. The maximum Gasteiger partial charge on any atom is 0.240 e. The Balaban J connectivity index is 2.23. The first kappa shape index (κ1) is 15.3. The van der Waals surface area contributed by atoms with Gasteiger partial charge in [-0.3, -0.25) is 0 Å². The van der Waals surface area contributed by atoms with E-state index in [4.69, 9.17) is 4.74 Å². The van der Waals surface area contributed by atoms with Crippen molar-refractivity contribution in [1.82, 2.24) is 10.0 Å². The minimum Gasteiger partial charge on any atom is -0.494 e. The minimum absolute atomic E-state index is 0.287. The summed E-state index contributed by atoms with van der Waals surface area (Å²) in [4.78, 5) is 0.287. The molecule has 1 aromatic carbocycles. The Labute approximate surface area is 120 Å². The van der Waals surface area contributed by atoms with Crippen LogP contribution in [0.4, 0.5) is 0 Å². The van der Waals surface area contributed by atoms with Crippen molar-refractivity contribution in [1.29, 1.82) is 0 Å². The van der Waals surface area contributed by atoms with Crippen molar-refractivity contribution in [2.24, 2.45) is 0 Å². The third-order valence-electron chi connectivity index (χ3n) is 3.13. The zero-order valence-corrected chi connectivity index (χ0v) is 12.8. The minimum atomic E-state index is -3.42. The van der Waals surface area contributed by atoms with Crippen LogP contribution in [0.5, 0.6) is 5.75 Å². The van der Waals surface area contributed by atoms with Crippen LogP contribution in [0.15, 0.2) is 23.1 Å². The zero-order valence-electron chi connectivity index (χ0n) is 12.0. The average Bonchev–Trinajstić information content (AvgIpc) is 3.21. The van der Waals surface area contributed by atoms with Crippen molar-refractivity contribution in [2.45, 2.75) is 44.2 Å². The van der Waals surface area contributed by atoms with Gasteiger partial charge in [0.25, 0.3) is 0 Å². The second kappa shape index (κ2) is 6.56. The van der Waals surface area contributed by atoms with Crippen LogP contribution < -0.4 is 14.8 Å². The largest absolute Gasteiger partial charge is 0.494 e. The Morgan fingerprint density at radius 2 is 2.05 bits per heavy atom. The lowest BCUT2D eigenvalue weighted by Crippen LogP contribution is -2.23. The van der Waals surface area contributed by atoms with E-state index in [2.05, 4.69) is 10.0 Å². The normalized spacial score (nSPS) is 15.3. The van der Waals surface area contributed by atoms with Gasteiger partial charge >= 0.3 is 0 Å². The summed E-state index contributed by atoms with van der Waals surface area (Å²) >= 11 is 0. The van der Waals surface area contributed by atoms with Gasteiger partial charge in [0.1, 0.15) is 5.75 Å². The number of benzene rings is 1. The SMILES string of the molecule is CCNS(=O)(=O)c1ccc(OCC)c(CNC2CC2)c1. The molecule has 0 heterocycles. The lowest BCUT2D eigenvalue weighted by molar-refractivity contribution is 0.335. The predicted molar refractivity (Wildman–Crippen MR) is 78.3 cm³/mol. The highest BCUT2D eigenvalue weighted by atomic mass is 32.2. The second-order valence-corrected chi connectivity index (χ2v) is 6.63. The van der Waals surface area contributed by atoms with Crippen molar-refractivity contribution in [3.05, 3.63) is 23.8 Å². The summed E-state index contributed by atoms with van der Waals surface area (Å²) in [5.41, 5.74) is 0.887. The first-order chi connectivity index (χ1) is 9.56. The molecule has 0 radical (unpaired) electrons. The van der Waals surface area contributed by atoms with Gasteiger partial charge in [-0.15, -0.1) is 0 Å². The van der Waals surface area contributed by atoms with Crippen LogP contribution in [0, 0.1) is 0 Å². The maximum absolute atomic E-state index is 12.0. The first-order valence-corrected chi connectivity index (χ1v) is 8.54. The number of ether oxygens (including phenoxy) is 1. The van der Waals surface area contributed by atoms with Gasteiger partial charge in [-0.05, 0) is 38.0 Å². The van der Waals surface area contributed by atoms with E-state index in [9.17, 15) is 8.42 Å². The van der Waals surface area contributed by atoms with Crippen molar-refractivity contribution in [3.8, 4) is 5.75 Å². The average molecular weight is 298 g/mol. The van der Waals surface area contributed by atoms with E-state index < -0.39 is 10.0 Å². The smallest absolute Gasteiger partial charge is 0.240 e. The molecule has 0 atom stereocenters. The molecule has 112 valence electrons. The zero-order chi connectivity index (χ0) is 14.6. The van der Waals surface area contributed by atoms with Crippen LogP contribution in [-0.2, 0) is 16.6 Å². The quantitative estimate of drug-likeness (QED) is 0.765. The molecule has 0 aromatic heterocycles. The van der Waals surface area contributed by atoms with Crippen LogP contribution >= 0.6 is 0 Å². The standard InChI is InChI=1S/C14H22N2O3S/c1-3-16-20(17,18)13-7-8-14(19-4-2)11(9-13)10-15-12-5-6-12/h7-9,12,15-16H,3-6,10H2,1-2H3. The molecule has 5 nitrogen and oxygen atoms in total.